The molecule has 1 aliphatic carbocycles. The van der Waals surface area contributed by atoms with Crippen LogP contribution >= 0.6 is 11.6 Å². The summed E-state index contributed by atoms with van der Waals surface area (Å²) in [5.41, 5.74) is 4.46. The molecule has 3 aliphatic rings. The van der Waals surface area contributed by atoms with Crippen molar-refractivity contribution in [3.05, 3.63) is 51.6 Å². The molecule has 2 aliphatic heterocycles. The molecule has 1 aromatic rings. The van der Waals surface area contributed by atoms with Crippen molar-refractivity contribution in [3.63, 3.8) is 0 Å². The van der Waals surface area contributed by atoms with Gasteiger partial charge in [-0.05, 0) is 93.5 Å². The highest BCUT2D eigenvalue weighted by Gasteiger charge is 2.48. The van der Waals surface area contributed by atoms with E-state index in [0.29, 0.717) is 23.8 Å². The Morgan fingerprint density at radius 1 is 1.22 bits per heavy atom. The van der Waals surface area contributed by atoms with E-state index >= 15 is 0 Å². The van der Waals surface area contributed by atoms with E-state index in [2.05, 4.69) is 31.2 Å². The van der Waals surface area contributed by atoms with Gasteiger partial charge in [0.2, 0.25) is 0 Å². The van der Waals surface area contributed by atoms with Crippen molar-refractivity contribution >= 4 is 23.2 Å². The Morgan fingerprint density at radius 3 is 2.69 bits per heavy atom. The van der Waals surface area contributed by atoms with E-state index in [9.17, 15) is 9.90 Å². The highest BCUT2D eigenvalue weighted by atomic mass is 35.5. The van der Waals surface area contributed by atoms with Gasteiger partial charge in [0.25, 0.3) is 5.91 Å². The largest absolute Gasteiger partial charge is 0.506 e. The number of benzene rings is 1. The van der Waals surface area contributed by atoms with Gasteiger partial charge in [-0.15, -0.1) is 0 Å². The Bertz CT molecular complexity index is 1040. The minimum absolute atomic E-state index is 0.0274. The summed E-state index contributed by atoms with van der Waals surface area (Å²) in [5, 5.41) is 15.4. The van der Waals surface area contributed by atoms with E-state index in [4.69, 9.17) is 21.2 Å². The van der Waals surface area contributed by atoms with Gasteiger partial charge in [-0.2, -0.15) is 0 Å². The van der Waals surface area contributed by atoms with Gasteiger partial charge in [-0.1, -0.05) is 41.4 Å². The molecule has 1 saturated carbocycles. The molecule has 4 rings (SSSR count). The first kappa shape index (κ1) is 26.7. The molecule has 0 atom stereocenters. The van der Waals surface area contributed by atoms with Crippen molar-refractivity contribution in [1.82, 2.24) is 4.90 Å². The fourth-order valence-corrected chi connectivity index (χ4v) is 5.49. The number of fused-ring (bicyclic) bond motifs is 2. The average molecular weight is 515 g/mol. The van der Waals surface area contributed by atoms with Gasteiger partial charge < -0.3 is 19.6 Å². The number of carbonyl (C=O) groups is 1. The van der Waals surface area contributed by atoms with Gasteiger partial charge in [-0.25, -0.2) is 0 Å². The van der Waals surface area contributed by atoms with Gasteiger partial charge in [0, 0.05) is 19.5 Å². The number of likely N-dealkylation sites (tertiary alicyclic amines) is 1. The summed E-state index contributed by atoms with van der Waals surface area (Å²) in [7, 11) is 0. The Morgan fingerprint density at radius 2 is 1.97 bits per heavy atom. The monoisotopic (exact) mass is 514 g/mol. The predicted molar refractivity (Wildman–Crippen MR) is 144 cm³/mol. The lowest BCUT2D eigenvalue weighted by Crippen LogP contribution is -2.37. The first-order valence-electron chi connectivity index (χ1n) is 13.4. The minimum atomic E-state index is -0.370. The minimum Gasteiger partial charge on any atom is -0.506 e. The number of amides is 1. The lowest BCUT2D eigenvalue weighted by molar-refractivity contribution is -0.137. The zero-order valence-electron chi connectivity index (χ0n) is 21.7. The molecule has 0 bridgehead atoms. The van der Waals surface area contributed by atoms with Crippen LogP contribution in [-0.2, 0) is 32.8 Å². The molecule has 196 valence electrons. The summed E-state index contributed by atoms with van der Waals surface area (Å²) in [6.45, 7) is 6.32. The number of piperidine rings is 1. The molecule has 1 amide bonds. The van der Waals surface area contributed by atoms with Gasteiger partial charge in [0.05, 0.1) is 22.9 Å². The first-order valence-corrected chi connectivity index (χ1v) is 13.8. The number of aryl methyl sites for hydroxylation is 1. The number of aromatic hydroxyl groups is 1. The molecule has 0 aromatic heterocycles. The Labute approximate surface area is 220 Å². The van der Waals surface area contributed by atoms with E-state index in [1.807, 2.05) is 11.0 Å². The smallest absolute Gasteiger partial charge is 0.263 e. The number of oxime groups is 1. The highest BCUT2D eigenvalue weighted by Crippen LogP contribution is 2.54. The topological polar surface area (TPSA) is 71.4 Å². The average Bonchev–Trinajstić information content (AvgIpc) is 3.66. The van der Waals surface area contributed by atoms with Crippen LogP contribution in [0.4, 0.5) is 0 Å². The molecular weight excluding hydrogens is 476 g/mol. The maximum absolute atomic E-state index is 12.6. The summed E-state index contributed by atoms with van der Waals surface area (Å²) >= 11 is 6.74. The molecule has 7 heteroatoms. The zero-order chi connectivity index (χ0) is 25.5. The number of phenolic OH excluding ortho intramolecular Hbond substituents is 1. The number of ether oxygens (including phenoxy) is 1. The van der Waals surface area contributed by atoms with Crippen molar-refractivity contribution in [3.8, 4) is 5.75 Å². The normalized spacial score (nSPS) is 23.9. The third-order valence-corrected chi connectivity index (χ3v) is 7.77. The summed E-state index contributed by atoms with van der Waals surface area (Å²) in [5.74, 6) is 0.0498. The molecule has 36 heavy (non-hydrogen) atoms. The summed E-state index contributed by atoms with van der Waals surface area (Å²) < 4.78 is 6.46. The lowest BCUT2D eigenvalue weighted by atomic mass is 9.89. The lowest BCUT2D eigenvalue weighted by Gasteiger charge is -2.26. The molecule has 6 nitrogen and oxygen atoms in total. The third-order valence-electron chi connectivity index (χ3n) is 7.35. The quantitative estimate of drug-likeness (QED) is 0.382. The van der Waals surface area contributed by atoms with Gasteiger partial charge >= 0.3 is 0 Å². The van der Waals surface area contributed by atoms with E-state index in [-0.39, 0.29) is 23.9 Å². The Kier molecular flexibility index (Phi) is 9.13. The summed E-state index contributed by atoms with van der Waals surface area (Å²) in [6, 6.07) is 1.78. The molecule has 1 N–H and O–H groups in total. The van der Waals surface area contributed by atoms with Crippen LogP contribution in [0.1, 0.15) is 81.9 Å². The Hall–Kier alpha value is -2.31. The highest BCUT2D eigenvalue weighted by molar-refractivity contribution is 6.33. The SMILES string of the molecule is CCc1cc(O)c(Cl)c2c1C1(CC1)OCC/C=C/CC/C(C)=C/C(=N/OCC(=O)N1CCCCC1)C2. The van der Waals surface area contributed by atoms with Crippen LogP contribution < -0.4 is 0 Å². The van der Waals surface area contributed by atoms with Gasteiger partial charge in [0.1, 0.15) is 5.75 Å². The number of phenols is 1. The summed E-state index contributed by atoms with van der Waals surface area (Å²) in [6.07, 6.45) is 15.4. The van der Waals surface area contributed by atoms with Crippen LogP contribution in [0.3, 0.4) is 0 Å². The van der Waals surface area contributed by atoms with Crippen molar-refractivity contribution < 1.29 is 19.5 Å². The van der Waals surface area contributed by atoms with Crippen LogP contribution in [0.25, 0.3) is 0 Å². The van der Waals surface area contributed by atoms with E-state index in [1.165, 1.54) is 12.0 Å². The maximum Gasteiger partial charge on any atom is 0.263 e. The fourth-order valence-electron chi connectivity index (χ4n) is 5.27. The van der Waals surface area contributed by atoms with Crippen LogP contribution in [0.15, 0.2) is 35.0 Å². The number of hydrogen-bond acceptors (Lipinski definition) is 5. The molecule has 2 heterocycles. The second-order valence-electron chi connectivity index (χ2n) is 10.2. The molecule has 1 spiro atoms. The number of nitrogens with zero attached hydrogens (tertiary/aromatic N) is 2. The first-order chi connectivity index (χ1) is 17.4. The van der Waals surface area contributed by atoms with Crippen molar-refractivity contribution in [2.45, 2.75) is 83.7 Å². The number of allylic oxidation sites excluding steroid dienone is 3. The Balaban J connectivity index is 1.67. The van der Waals surface area contributed by atoms with Crippen molar-refractivity contribution in [2.24, 2.45) is 5.16 Å². The number of rotatable bonds is 4. The van der Waals surface area contributed by atoms with Crippen LogP contribution in [-0.4, -0.2) is 47.9 Å². The van der Waals surface area contributed by atoms with Gasteiger partial charge in [-0.3, -0.25) is 4.79 Å². The van der Waals surface area contributed by atoms with E-state index in [0.717, 1.165) is 81.1 Å². The molecular formula is C29H39ClN2O4. The van der Waals surface area contributed by atoms with Crippen LogP contribution in [0, 0.1) is 0 Å². The molecule has 1 saturated heterocycles. The standard InChI is InChI=1S/C29H39ClN2O4/c1-3-22-18-25(33)28(30)24-19-23(31-36-20-26(34)32-14-8-6-9-15-32)17-21(2)11-7-4-5-10-16-35-29(12-13-29)27(22)24/h4-5,17-18,33H,3,6-16,19-20H2,1-2H3/b5-4+,21-17+,31-23-. The van der Waals surface area contributed by atoms with E-state index < -0.39 is 0 Å². The summed E-state index contributed by atoms with van der Waals surface area (Å²) in [4.78, 5) is 20.1. The third kappa shape index (κ3) is 6.51. The number of halogens is 1. The van der Waals surface area contributed by atoms with Crippen LogP contribution in [0.5, 0.6) is 5.75 Å². The predicted octanol–water partition coefficient (Wildman–Crippen LogP) is 6.23. The van der Waals surface area contributed by atoms with Crippen molar-refractivity contribution in [1.29, 1.82) is 0 Å². The van der Waals surface area contributed by atoms with Crippen molar-refractivity contribution in [2.75, 3.05) is 26.3 Å². The second-order valence-corrected chi connectivity index (χ2v) is 10.6. The second kappa shape index (κ2) is 12.3. The molecule has 0 unspecified atom stereocenters. The molecule has 2 fully saturated rings. The van der Waals surface area contributed by atoms with E-state index in [1.54, 1.807) is 6.07 Å². The fraction of sp³-hybridized carbons (Fsp3) is 0.586. The number of hydrogen-bond donors (Lipinski definition) is 1. The van der Waals surface area contributed by atoms with Gasteiger partial charge in [0.15, 0.2) is 6.61 Å². The maximum atomic E-state index is 12.6. The van der Waals surface area contributed by atoms with Crippen LogP contribution in [0.2, 0.25) is 5.02 Å². The number of carbonyl (C=O) groups excluding carboxylic acids is 1. The molecule has 0 radical (unpaired) electrons. The molecule has 1 aromatic carbocycles. The zero-order valence-corrected chi connectivity index (χ0v) is 22.4.